The molecular formula is C31H41N5O7. The number of benzene rings is 1. The maximum atomic E-state index is 13.6. The summed E-state index contributed by atoms with van der Waals surface area (Å²) < 4.78 is 5.73. The number of hydrogen-bond donors (Lipinski definition) is 5. The summed E-state index contributed by atoms with van der Waals surface area (Å²) >= 11 is 0. The van der Waals surface area contributed by atoms with E-state index in [0.717, 1.165) is 12.3 Å². The Morgan fingerprint density at radius 2 is 1.79 bits per heavy atom. The van der Waals surface area contributed by atoms with Crippen molar-refractivity contribution in [3.05, 3.63) is 47.7 Å². The highest BCUT2D eigenvalue weighted by Crippen LogP contribution is 2.33. The Bertz CT molecular complexity index is 1440. The van der Waals surface area contributed by atoms with Gasteiger partial charge in [-0.1, -0.05) is 44.2 Å². The molecule has 3 heterocycles. The summed E-state index contributed by atoms with van der Waals surface area (Å²) in [7, 11) is 0. The van der Waals surface area contributed by atoms with Gasteiger partial charge < -0.3 is 25.6 Å². The van der Waals surface area contributed by atoms with Gasteiger partial charge in [0.1, 0.15) is 29.6 Å². The molecule has 4 rings (SSSR count). The van der Waals surface area contributed by atoms with Gasteiger partial charge in [-0.05, 0) is 64.2 Å². The van der Waals surface area contributed by atoms with Gasteiger partial charge in [-0.3, -0.25) is 24.2 Å². The molecule has 0 aliphatic carbocycles. The van der Waals surface area contributed by atoms with E-state index in [4.69, 9.17) is 4.74 Å². The molecule has 2 aromatic rings. The van der Waals surface area contributed by atoms with Crippen LogP contribution in [-0.4, -0.2) is 74.4 Å². The smallest absolute Gasteiger partial charge is 0.325 e. The molecule has 12 nitrogen and oxygen atoms in total. The summed E-state index contributed by atoms with van der Waals surface area (Å²) in [5, 5.41) is 28.8. The second kappa shape index (κ2) is 12.4. The molecular weight excluding hydrogens is 554 g/mol. The minimum Gasteiger partial charge on any atom is -0.455 e. The van der Waals surface area contributed by atoms with Crippen LogP contribution >= 0.6 is 0 Å². The van der Waals surface area contributed by atoms with Gasteiger partial charge in [-0.15, -0.1) is 0 Å². The fraction of sp³-hybridized carbons (Fsp3) is 0.516. The number of nitrogens with zero attached hydrogens (tertiary/aromatic N) is 2. The molecule has 2 unspecified atom stereocenters. The molecule has 1 fully saturated rings. The van der Waals surface area contributed by atoms with Crippen LogP contribution in [0.15, 0.2) is 36.4 Å². The fourth-order valence-corrected chi connectivity index (χ4v) is 5.05. The lowest BCUT2D eigenvalue weighted by Gasteiger charge is -2.37. The zero-order chi connectivity index (χ0) is 31.7. The predicted octanol–water partition coefficient (Wildman–Crippen LogP) is 1.71. The number of carbonyl (C=O) groups is 4. The van der Waals surface area contributed by atoms with E-state index in [2.05, 4.69) is 21.0 Å². The molecule has 0 radical (unpaired) electrons. The number of esters is 1. The van der Waals surface area contributed by atoms with Gasteiger partial charge in [0, 0.05) is 11.9 Å². The fourth-order valence-electron chi connectivity index (χ4n) is 5.05. The van der Waals surface area contributed by atoms with Crippen LogP contribution in [0.4, 0.5) is 0 Å². The first kappa shape index (κ1) is 32.1. The number of aromatic nitrogens is 1. The predicted molar refractivity (Wildman–Crippen MR) is 158 cm³/mol. The van der Waals surface area contributed by atoms with Crippen LogP contribution in [0.25, 0.3) is 17.0 Å². The highest BCUT2D eigenvalue weighted by Gasteiger charge is 2.48. The molecule has 1 saturated heterocycles. The highest BCUT2D eigenvalue weighted by molar-refractivity contribution is 5.94. The molecule has 0 spiro atoms. The van der Waals surface area contributed by atoms with Gasteiger partial charge in [-0.25, -0.2) is 10.4 Å². The Labute approximate surface area is 250 Å². The standard InChI is InChI=1S/C31H41N5O7/c1-17(2)25-26(37)32-18(3)27(38)36-15-7-8-23(35-36)28(39)43-19(4)22-12-11-21-10-9-20(16-24(21)33-22)13-14-30(5,29(40)34-25)31(6,41)42/h9-14,16-19,23,25,35,41-42H,7-8,15H2,1-6H3,(H,32,37)(H,34,40)/b14-13+/t18-,19+,23-,25?,30?/m0/s1. The Hall–Kier alpha value is -3.87. The monoisotopic (exact) mass is 595 g/mol. The van der Waals surface area contributed by atoms with E-state index in [0.29, 0.717) is 36.2 Å². The number of cyclic esters (lactones) is 1. The number of hydrogen-bond acceptors (Lipinski definition) is 9. The van der Waals surface area contributed by atoms with Crippen molar-refractivity contribution >= 4 is 40.7 Å². The number of hydrazine groups is 1. The lowest BCUT2D eigenvalue weighted by atomic mass is 9.79. The van der Waals surface area contributed by atoms with Crippen molar-refractivity contribution in [1.82, 2.24) is 26.1 Å². The molecule has 2 aliphatic rings. The van der Waals surface area contributed by atoms with Gasteiger partial charge >= 0.3 is 5.97 Å². The van der Waals surface area contributed by atoms with E-state index < -0.39 is 65.0 Å². The summed E-state index contributed by atoms with van der Waals surface area (Å²) in [6.07, 6.45) is 3.28. The third kappa shape index (κ3) is 6.87. The van der Waals surface area contributed by atoms with Crippen LogP contribution in [0.2, 0.25) is 0 Å². The minimum absolute atomic E-state index is 0.327. The van der Waals surface area contributed by atoms with Crippen LogP contribution in [-0.2, 0) is 23.9 Å². The Kier molecular flexibility index (Phi) is 9.24. The van der Waals surface area contributed by atoms with Crippen molar-refractivity contribution in [3.63, 3.8) is 0 Å². The molecule has 5 atom stereocenters. The highest BCUT2D eigenvalue weighted by atomic mass is 16.5. The third-order valence-electron chi connectivity index (χ3n) is 8.21. The van der Waals surface area contributed by atoms with E-state index in [-0.39, 0.29) is 0 Å². The van der Waals surface area contributed by atoms with Crippen LogP contribution in [0.5, 0.6) is 0 Å². The largest absolute Gasteiger partial charge is 0.455 e. The van der Waals surface area contributed by atoms with Crippen molar-refractivity contribution in [2.75, 3.05) is 6.54 Å². The third-order valence-corrected chi connectivity index (χ3v) is 8.21. The van der Waals surface area contributed by atoms with E-state index in [1.165, 1.54) is 24.9 Å². The number of ether oxygens (including phenoxy) is 1. The number of amides is 3. The van der Waals surface area contributed by atoms with Gasteiger partial charge in [0.05, 0.1) is 11.2 Å². The Morgan fingerprint density at radius 1 is 1.09 bits per heavy atom. The van der Waals surface area contributed by atoms with Crippen molar-refractivity contribution < 1.29 is 34.1 Å². The quantitative estimate of drug-likeness (QED) is 0.256. The molecule has 3 amide bonds. The lowest BCUT2D eigenvalue weighted by Crippen LogP contribution is -2.62. The van der Waals surface area contributed by atoms with Crippen LogP contribution < -0.4 is 16.1 Å². The van der Waals surface area contributed by atoms with E-state index in [1.54, 1.807) is 45.0 Å². The number of nitrogens with one attached hydrogen (secondary N) is 3. The minimum atomic E-state index is -2.50. The first-order valence-electron chi connectivity index (χ1n) is 14.5. The maximum Gasteiger partial charge on any atom is 0.325 e. The normalized spacial score (nSPS) is 28.8. The number of pyridine rings is 1. The number of fused-ring (bicyclic) bond motifs is 4. The molecule has 0 saturated carbocycles. The van der Waals surface area contributed by atoms with Crippen LogP contribution in [0, 0.1) is 11.3 Å². The van der Waals surface area contributed by atoms with Crippen molar-refractivity contribution in [3.8, 4) is 0 Å². The average molecular weight is 596 g/mol. The number of aliphatic hydroxyl groups is 2. The summed E-state index contributed by atoms with van der Waals surface area (Å²) in [5.74, 6) is -5.29. The van der Waals surface area contributed by atoms with Crippen molar-refractivity contribution in [1.29, 1.82) is 0 Å². The topological polar surface area (TPSA) is 170 Å². The molecule has 5 N–H and O–H groups in total. The molecule has 12 heteroatoms. The molecule has 43 heavy (non-hydrogen) atoms. The van der Waals surface area contributed by atoms with Crippen LogP contribution in [0.3, 0.4) is 0 Å². The Morgan fingerprint density at radius 3 is 2.47 bits per heavy atom. The van der Waals surface area contributed by atoms with Gasteiger partial charge in [0.15, 0.2) is 5.79 Å². The van der Waals surface area contributed by atoms with Gasteiger partial charge in [0.25, 0.3) is 5.91 Å². The maximum absolute atomic E-state index is 13.6. The Balaban J connectivity index is 1.77. The lowest BCUT2D eigenvalue weighted by molar-refractivity contribution is -0.209. The zero-order valence-electron chi connectivity index (χ0n) is 25.4. The van der Waals surface area contributed by atoms with Crippen molar-refractivity contribution in [2.24, 2.45) is 11.3 Å². The first-order chi connectivity index (χ1) is 20.1. The second-order valence-electron chi connectivity index (χ2n) is 12.1. The van der Waals surface area contributed by atoms with Crippen LogP contribution in [0.1, 0.15) is 71.7 Å². The SMILES string of the molecule is CC(C)C1NC(=O)C(C)(C(C)(O)O)/C=C/c2ccc3ccc(nc3c2)[C@@H](C)OC(=O)[C@@H]2CCCN(N2)C(=O)[C@H](C)NC1=O. The van der Waals surface area contributed by atoms with E-state index >= 15 is 0 Å². The molecule has 5 bridgehead atoms. The summed E-state index contributed by atoms with van der Waals surface area (Å²) in [5.41, 5.74) is 2.82. The average Bonchev–Trinajstić information content (AvgIpc) is 2.96. The van der Waals surface area contributed by atoms with E-state index in [9.17, 15) is 29.4 Å². The summed E-state index contributed by atoms with van der Waals surface area (Å²) in [4.78, 5) is 58.0. The summed E-state index contributed by atoms with van der Waals surface area (Å²) in [6.45, 7) is 9.47. The van der Waals surface area contributed by atoms with Gasteiger partial charge in [-0.2, -0.15) is 0 Å². The molecule has 2 aliphatic heterocycles. The zero-order valence-corrected chi connectivity index (χ0v) is 25.4. The van der Waals surface area contributed by atoms with Crippen molar-refractivity contribution in [2.45, 2.75) is 84.4 Å². The molecule has 1 aromatic heterocycles. The molecule has 232 valence electrons. The van der Waals surface area contributed by atoms with E-state index in [1.807, 2.05) is 12.1 Å². The summed E-state index contributed by atoms with van der Waals surface area (Å²) in [6, 6.07) is 6.20. The first-order valence-corrected chi connectivity index (χ1v) is 14.5. The van der Waals surface area contributed by atoms with Gasteiger partial charge in [0.2, 0.25) is 11.8 Å². The molecule has 1 aromatic carbocycles. The number of rotatable bonds is 2. The number of carbonyl (C=O) groups excluding carboxylic acids is 4. The second-order valence-corrected chi connectivity index (χ2v) is 12.1.